The van der Waals surface area contributed by atoms with Crippen molar-refractivity contribution >= 4 is 21.9 Å². The molecule has 1 saturated carbocycles. The van der Waals surface area contributed by atoms with Crippen LogP contribution in [0.2, 0.25) is 0 Å². The average molecular weight is 321 g/mol. The van der Waals surface area contributed by atoms with Gasteiger partial charge in [0.1, 0.15) is 5.75 Å². The van der Waals surface area contributed by atoms with E-state index in [4.69, 9.17) is 0 Å². The van der Waals surface area contributed by atoms with E-state index in [-0.39, 0.29) is 17.3 Å². The molecule has 3 nitrogen and oxygen atoms in total. The predicted molar refractivity (Wildman–Crippen MR) is 63.5 cm³/mol. The first kappa shape index (κ1) is 13.3. The van der Waals surface area contributed by atoms with Gasteiger partial charge in [-0.2, -0.15) is 0 Å². The minimum atomic E-state index is -1.53. The first-order chi connectivity index (χ1) is 8.40. The summed E-state index contributed by atoms with van der Waals surface area (Å²) in [5.41, 5.74) is -1.97. The van der Waals surface area contributed by atoms with Crippen molar-refractivity contribution in [3.63, 3.8) is 0 Å². The van der Waals surface area contributed by atoms with E-state index in [9.17, 15) is 23.8 Å². The van der Waals surface area contributed by atoms with E-state index >= 15 is 0 Å². The summed E-state index contributed by atoms with van der Waals surface area (Å²) >= 11 is 2.90. The summed E-state index contributed by atoms with van der Waals surface area (Å²) in [6, 6.07) is 0.790. The SMILES string of the molecule is O=C(O)C1(c2c(O)c(Br)cc(F)c2F)CCCC1. The van der Waals surface area contributed by atoms with Crippen molar-refractivity contribution in [3.05, 3.63) is 27.7 Å². The third kappa shape index (κ3) is 1.79. The first-order valence-electron chi connectivity index (χ1n) is 5.50. The second-order valence-electron chi connectivity index (χ2n) is 4.47. The molecule has 0 aliphatic heterocycles. The van der Waals surface area contributed by atoms with E-state index in [0.29, 0.717) is 12.8 Å². The van der Waals surface area contributed by atoms with Crippen LogP contribution in [0.3, 0.4) is 0 Å². The molecule has 1 aromatic rings. The van der Waals surface area contributed by atoms with Gasteiger partial charge in [-0.3, -0.25) is 4.79 Å². The summed E-state index contributed by atoms with van der Waals surface area (Å²) in [5, 5.41) is 19.2. The Morgan fingerprint density at radius 1 is 1.33 bits per heavy atom. The van der Waals surface area contributed by atoms with Crippen LogP contribution in [0.25, 0.3) is 0 Å². The maximum atomic E-state index is 13.9. The van der Waals surface area contributed by atoms with Crippen molar-refractivity contribution in [1.29, 1.82) is 0 Å². The highest BCUT2D eigenvalue weighted by molar-refractivity contribution is 9.10. The number of phenols is 1. The van der Waals surface area contributed by atoms with Crippen LogP contribution in [0.1, 0.15) is 31.2 Å². The zero-order valence-corrected chi connectivity index (χ0v) is 10.9. The monoisotopic (exact) mass is 320 g/mol. The van der Waals surface area contributed by atoms with Gasteiger partial charge >= 0.3 is 5.97 Å². The third-order valence-corrected chi connectivity index (χ3v) is 4.10. The van der Waals surface area contributed by atoms with Crippen LogP contribution >= 0.6 is 15.9 Å². The summed E-state index contributed by atoms with van der Waals surface area (Å²) in [6.45, 7) is 0. The standard InChI is InChI=1S/C12H11BrF2O3/c13-6-5-7(14)9(15)8(10(6)16)12(11(17)18)3-1-2-4-12/h5,16H,1-4H2,(H,17,18). The average Bonchev–Trinajstić information content (AvgIpc) is 2.77. The maximum Gasteiger partial charge on any atom is 0.314 e. The zero-order valence-electron chi connectivity index (χ0n) is 9.34. The van der Waals surface area contributed by atoms with Gasteiger partial charge in [0.05, 0.1) is 15.5 Å². The van der Waals surface area contributed by atoms with E-state index in [1.165, 1.54) is 0 Å². The molecule has 1 aliphatic rings. The molecule has 1 fully saturated rings. The number of aromatic hydroxyl groups is 1. The zero-order chi connectivity index (χ0) is 13.5. The Hall–Kier alpha value is -1.17. The van der Waals surface area contributed by atoms with Crippen molar-refractivity contribution in [2.75, 3.05) is 0 Å². The van der Waals surface area contributed by atoms with Gasteiger partial charge in [0.2, 0.25) is 0 Å². The fourth-order valence-electron chi connectivity index (χ4n) is 2.57. The van der Waals surface area contributed by atoms with Crippen molar-refractivity contribution in [3.8, 4) is 5.75 Å². The summed E-state index contributed by atoms with van der Waals surface area (Å²) in [4.78, 5) is 11.4. The molecule has 0 aromatic heterocycles. The number of rotatable bonds is 2. The maximum absolute atomic E-state index is 13.9. The normalized spacial score (nSPS) is 17.9. The van der Waals surface area contributed by atoms with Gasteiger partial charge < -0.3 is 10.2 Å². The molecule has 2 rings (SSSR count). The highest BCUT2D eigenvalue weighted by Crippen LogP contribution is 2.48. The molecule has 0 amide bonds. The smallest absolute Gasteiger partial charge is 0.314 e. The Morgan fingerprint density at radius 3 is 2.39 bits per heavy atom. The summed E-state index contributed by atoms with van der Waals surface area (Å²) in [6.07, 6.45) is 1.62. The Bertz CT molecular complexity index is 484. The number of halogens is 3. The fourth-order valence-corrected chi connectivity index (χ4v) is 2.97. The third-order valence-electron chi connectivity index (χ3n) is 3.49. The van der Waals surface area contributed by atoms with Gasteiger partial charge in [0.15, 0.2) is 11.6 Å². The van der Waals surface area contributed by atoms with Gasteiger partial charge in [-0.25, -0.2) is 8.78 Å². The van der Waals surface area contributed by atoms with Crippen molar-refractivity contribution in [2.24, 2.45) is 0 Å². The summed E-state index contributed by atoms with van der Waals surface area (Å²) < 4.78 is 27.2. The minimum absolute atomic E-state index is 0.0380. The lowest BCUT2D eigenvalue weighted by Crippen LogP contribution is -2.34. The molecule has 0 atom stereocenters. The quantitative estimate of drug-likeness (QED) is 0.822. The Balaban J connectivity index is 2.73. The van der Waals surface area contributed by atoms with E-state index in [2.05, 4.69) is 15.9 Å². The van der Waals surface area contributed by atoms with Crippen LogP contribution in [-0.2, 0) is 10.2 Å². The Kier molecular flexibility index (Phi) is 3.31. The number of benzene rings is 1. The molecular weight excluding hydrogens is 310 g/mol. The lowest BCUT2D eigenvalue weighted by Gasteiger charge is -2.26. The van der Waals surface area contributed by atoms with Crippen molar-refractivity contribution < 1.29 is 23.8 Å². The van der Waals surface area contributed by atoms with Crippen LogP contribution in [0, 0.1) is 11.6 Å². The predicted octanol–water partition coefficient (Wildman–Crippen LogP) is 3.33. The number of hydrogen-bond donors (Lipinski definition) is 2. The van der Waals surface area contributed by atoms with E-state index in [1.54, 1.807) is 0 Å². The van der Waals surface area contributed by atoms with E-state index in [1.807, 2.05) is 0 Å². The largest absolute Gasteiger partial charge is 0.506 e. The topological polar surface area (TPSA) is 57.5 Å². The number of carboxylic acids is 1. The van der Waals surface area contributed by atoms with Crippen LogP contribution in [0.15, 0.2) is 10.5 Å². The van der Waals surface area contributed by atoms with Crippen LogP contribution in [-0.4, -0.2) is 16.2 Å². The van der Waals surface area contributed by atoms with Gasteiger partial charge in [-0.05, 0) is 34.8 Å². The Labute approximate surface area is 111 Å². The van der Waals surface area contributed by atoms with Crippen LogP contribution in [0.4, 0.5) is 8.78 Å². The molecule has 98 valence electrons. The second kappa shape index (κ2) is 4.50. The number of carboxylic acid groups (broad SMARTS) is 1. The summed E-state index contributed by atoms with van der Waals surface area (Å²) in [5.74, 6) is -4.20. The van der Waals surface area contributed by atoms with Crippen molar-refractivity contribution in [2.45, 2.75) is 31.1 Å². The molecule has 1 aromatic carbocycles. The number of phenolic OH excluding ortho intramolecular Hbond substituents is 1. The molecule has 0 bridgehead atoms. The van der Waals surface area contributed by atoms with Gasteiger partial charge in [-0.1, -0.05) is 12.8 Å². The summed E-state index contributed by atoms with van der Waals surface area (Å²) in [7, 11) is 0. The lowest BCUT2D eigenvalue weighted by atomic mass is 9.78. The molecule has 0 unspecified atom stereocenters. The van der Waals surface area contributed by atoms with Gasteiger partial charge in [-0.15, -0.1) is 0 Å². The van der Waals surface area contributed by atoms with Crippen LogP contribution in [0.5, 0.6) is 5.75 Å². The number of hydrogen-bond acceptors (Lipinski definition) is 2. The highest BCUT2D eigenvalue weighted by Gasteiger charge is 2.47. The minimum Gasteiger partial charge on any atom is -0.506 e. The van der Waals surface area contributed by atoms with Crippen molar-refractivity contribution in [1.82, 2.24) is 0 Å². The molecule has 0 radical (unpaired) electrons. The second-order valence-corrected chi connectivity index (χ2v) is 5.33. The number of carbonyl (C=O) groups is 1. The molecule has 2 N–H and O–H groups in total. The lowest BCUT2D eigenvalue weighted by molar-refractivity contribution is -0.143. The molecular formula is C12H11BrF2O3. The molecule has 0 heterocycles. The Morgan fingerprint density at radius 2 is 1.89 bits per heavy atom. The first-order valence-corrected chi connectivity index (χ1v) is 6.30. The fraction of sp³-hybridized carbons (Fsp3) is 0.417. The molecule has 6 heteroatoms. The van der Waals surface area contributed by atoms with Gasteiger partial charge in [0, 0.05) is 0 Å². The van der Waals surface area contributed by atoms with E-state index < -0.39 is 34.3 Å². The number of aliphatic carboxylic acids is 1. The molecule has 0 spiro atoms. The molecule has 1 aliphatic carbocycles. The van der Waals surface area contributed by atoms with Gasteiger partial charge in [0.25, 0.3) is 0 Å². The molecule has 0 saturated heterocycles. The highest BCUT2D eigenvalue weighted by atomic mass is 79.9. The molecule has 18 heavy (non-hydrogen) atoms. The van der Waals surface area contributed by atoms with Crippen LogP contribution < -0.4 is 0 Å². The van der Waals surface area contributed by atoms with E-state index in [0.717, 1.165) is 6.07 Å².